The summed E-state index contributed by atoms with van der Waals surface area (Å²) in [5.41, 5.74) is 0. The molecule has 0 aliphatic heterocycles. The summed E-state index contributed by atoms with van der Waals surface area (Å²) < 4.78 is 5.59. The van der Waals surface area contributed by atoms with Crippen LogP contribution in [-0.2, 0) is 4.74 Å². The Hall–Kier alpha value is -0.0400. The molecule has 0 amide bonds. The molecule has 0 aliphatic carbocycles. The van der Waals surface area contributed by atoms with E-state index in [1.54, 1.807) is 0 Å². The van der Waals surface area contributed by atoms with Crippen molar-refractivity contribution in [2.24, 2.45) is 0 Å². The van der Waals surface area contributed by atoms with Crippen molar-refractivity contribution < 1.29 is 4.74 Å². The van der Waals surface area contributed by atoms with Crippen molar-refractivity contribution in [2.45, 2.75) is 110 Å². The van der Waals surface area contributed by atoms with Crippen molar-refractivity contribution >= 4 is 0 Å². The molecule has 0 radical (unpaired) electrons. The minimum absolute atomic E-state index is 0.525. The van der Waals surface area contributed by atoms with Gasteiger partial charge in [0.1, 0.15) is 0 Å². The van der Waals surface area contributed by atoms with Crippen molar-refractivity contribution in [2.75, 3.05) is 7.11 Å². The van der Waals surface area contributed by atoms with Crippen LogP contribution in [0.15, 0.2) is 0 Å². The molecule has 0 saturated carbocycles. The second kappa shape index (κ2) is 16.0. The zero-order valence-electron chi connectivity index (χ0n) is 13.9. The third-order valence-corrected chi connectivity index (χ3v) is 4.09. The molecule has 0 aromatic heterocycles. The molecule has 1 nitrogen and oxygen atoms in total. The van der Waals surface area contributed by atoms with E-state index in [9.17, 15) is 0 Å². The lowest BCUT2D eigenvalue weighted by Gasteiger charge is -2.14. The molecule has 1 heteroatoms. The van der Waals surface area contributed by atoms with E-state index in [1.165, 1.54) is 89.9 Å². The Morgan fingerprint density at radius 3 is 1.37 bits per heavy atom. The fraction of sp³-hybridized carbons (Fsp3) is 1.00. The third kappa shape index (κ3) is 14.2. The van der Waals surface area contributed by atoms with Gasteiger partial charge in [-0.2, -0.15) is 0 Å². The van der Waals surface area contributed by atoms with Gasteiger partial charge in [-0.1, -0.05) is 90.9 Å². The van der Waals surface area contributed by atoms with E-state index in [0.717, 1.165) is 0 Å². The Bertz CT molecular complexity index is 156. The van der Waals surface area contributed by atoms with Gasteiger partial charge in [-0.3, -0.25) is 0 Å². The van der Waals surface area contributed by atoms with Crippen LogP contribution in [0.4, 0.5) is 0 Å². The lowest BCUT2D eigenvalue weighted by molar-refractivity contribution is 0.0832. The average Bonchev–Trinajstić information content (AvgIpc) is 2.44. The van der Waals surface area contributed by atoms with Gasteiger partial charge in [-0.05, 0) is 12.8 Å². The van der Waals surface area contributed by atoms with Crippen LogP contribution < -0.4 is 0 Å². The Morgan fingerprint density at radius 1 is 0.579 bits per heavy atom. The average molecular weight is 271 g/mol. The third-order valence-electron chi connectivity index (χ3n) is 4.09. The van der Waals surface area contributed by atoms with Crippen LogP contribution >= 0.6 is 0 Å². The normalized spacial score (nSPS) is 12.8. The van der Waals surface area contributed by atoms with Crippen molar-refractivity contribution in [3.63, 3.8) is 0 Å². The maximum Gasteiger partial charge on any atom is 0.0571 e. The molecule has 19 heavy (non-hydrogen) atoms. The second-order valence-electron chi connectivity index (χ2n) is 5.97. The van der Waals surface area contributed by atoms with Gasteiger partial charge in [0.15, 0.2) is 0 Å². The fourth-order valence-electron chi connectivity index (χ4n) is 2.68. The number of unbranched alkanes of at least 4 members (excludes halogenated alkanes) is 10. The summed E-state index contributed by atoms with van der Waals surface area (Å²) in [6.07, 6.45) is 19.8. The van der Waals surface area contributed by atoms with Gasteiger partial charge < -0.3 is 4.74 Å². The monoisotopic (exact) mass is 270 g/mol. The van der Waals surface area contributed by atoms with Crippen molar-refractivity contribution in [1.29, 1.82) is 0 Å². The van der Waals surface area contributed by atoms with E-state index >= 15 is 0 Å². The standard InChI is InChI=1S/C18H38O/c1-4-6-8-10-11-12-13-15-17-18(19-3)16-14-9-7-5-2/h18H,4-17H2,1-3H3. The van der Waals surface area contributed by atoms with Crippen LogP contribution in [0.2, 0.25) is 0 Å². The molecule has 116 valence electrons. The SMILES string of the molecule is CCCCCCCCCCC(CCCCCC)OC. The molecule has 0 aromatic carbocycles. The fourth-order valence-corrected chi connectivity index (χ4v) is 2.68. The predicted octanol–water partition coefficient (Wildman–Crippen LogP) is 6.50. The summed E-state index contributed by atoms with van der Waals surface area (Å²) in [6, 6.07) is 0. The molecule has 0 fully saturated rings. The first-order valence-electron chi connectivity index (χ1n) is 8.87. The highest BCUT2D eigenvalue weighted by Crippen LogP contribution is 2.15. The Labute approximate surface area is 122 Å². The lowest BCUT2D eigenvalue weighted by atomic mass is 10.0. The van der Waals surface area contributed by atoms with E-state index in [4.69, 9.17) is 4.74 Å². The first-order valence-corrected chi connectivity index (χ1v) is 8.87. The minimum atomic E-state index is 0.525. The van der Waals surface area contributed by atoms with E-state index in [1.807, 2.05) is 7.11 Å². The maximum absolute atomic E-state index is 5.59. The van der Waals surface area contributed by atoms with Crippen LogP contribution in [0, 0.1) is 0 Å². The molecular weight excluding hydrogens is 232 g/mol. The zero-order valence-corrected chi connectivity index (χ0v) is 13.9. The smallest absolute Gasteiger partial charge is 0.0571 e. The number of hydrogen-bond donors (Lipinski definition) is 0. The highest BCUT2D eigenvalue weighted by molar-refractivity contribution is 4.59. The number of ether oxygens (including phenoxy) is 1. The van der Waals surface area contributed by atoms with E-state index in [2.05, 4.69) is 13.8 Å². The van der Waals surface area contributed by atoms with Crippen molar-refractivity contribution in [3.8, 4) is 0 Å². The molecule has 0 bridgehead atoms. The van der Waals surface area contributed by atoms with Gasteiger partial charge in [-0.25, -0.2) is 0 Å². The summed E-state index contributed by atoms with van der Waals surface area (Å²) in [5.74, 6) is 0. The van der Waals surface area contributed by atoms with Gasteiger partial charge in [0.25, 0.3) is 0 Å². The van der Waals surface area contributed by atoms with Crippen molar-refractivity contribution in [3.05, 3.63) is 0 Å². The summed E-state index contributed by atoms with van der Waals surface area (Å²) in [7, 11) is 1.88. The number of rotatable bonds is 15. The first kappa shape index (κ1) is 19.0. The van der Waals surface area contributed by atoms with Crippen molar-refractivity contribution in [1.82, 2.24) is 0 Å². The number of hydrogen-bond acceptors (Lipinski definition) is 1. The highest BCUT2D eigenvalue weighted by Gasteiger charge is 2.06. The van der Waals surface area contributed by atoms with Gasteiger partial charge in [0, 0.05) is 7.11 Å². The van der Waals surface area contributed by atoms with Crippen LogP contribution in [0.25, 0.3) is 0 Å². The molecule has 0 heterocycles. The molecule has 0 rings (SSSR count). The van der Waals surface area contributed by atoms with Crippen LogP contribution in [0.1, 0.15) is 104 Å². The summed E-state index contributed by atoms with van der Waals surface area (Å²) in [6.45, 7) is 4.56. The molecule has 0 aromatic rings. The first-order chi connectivity index (χ1) is 9.35. The summed E-state index contributed by atoms with van der Waals surface area (Å²) in [4.78, 5) is 0. The van der Waals surface area contributed by atoms with Crippen LogP contribution in [0.3, 0.4) is 0 Å². The van der Waals surface area contributed by atoms with E-state index < -0.39 is 0 Å². The van der Waals surface area contributed by atoms with Crippen LogP contribution in [0.5, 0.6) is 0 Å². The Morgan fingerprint density at radius 2 is 0.947 bits per heavy atom. The van der Waals surface area contributed by atoms with Gasteiger partial charge in [0.2, 0.25) is 0 Å². The predicted molar refractivity (Wildman–Crippen MR) is 86.8 cm³/mol. The molecule has 1 unspecified atom stereocenters. The topological polar surface area (TPSA) is 9.23 Å². The van der Waals surface area contributed by atoms with Gasteiger partial charge in [0.05, 0.1) is 6.10 Å². The largest absolute Gasteiger partial charge is 0.381 e. The minimum Gasteiger partial charge on any atom is -0.381 e. The highest BCUT2D eigenvalue weighted by atomic mass is 16.5. The van der Waals surface area contributed by atoms with Gasteiger partial charge in [-0.15, -0.1) is 0 Å². The molecule has 0 saturated heterocycles. The Kier molecular flexibility index (Phi) is 16.0. The van der Waals surface area contributed by atoms with E-state index in [-0.39, 0.29) is 0 Å². The van der Waals surface area contributed by atoms with Gasteiger partial charge >= 0.3 is 0 Å². The molecule has 0 spiro atoms. The Balaban J connectivity index is 3.26. The van der Waals surface area contributed by atoms with Crippen LogP contribution in [-0.4, -0.2) is 13.2 Å². The van der Waals surface area contributed by atoms with E-state index in [0.29, 0.717) is 6.10 Å². The second-order valence-corrected chi connectivity index (χ2v) is 5.97. The summed E-state index contributed by atoms with van der Waals surface area (Å²) >= 11 is 0. The molecule has 0 N–H and O–H groups in total. The number of methoxy groups -OCH3 is 1. The quantitative estimate of drug-likeness (QED) is 0.308. The summed E-state index contributed by atoms with van der Waals surface area (Å²) in [5, 5.41) is 0. The molecule has 1 atom stereocenters. The molecule has 0 aliphatic rings. The maximum atomic E-state index is 5.59. The lowest BCUT2D eigenvalue weighted by Crippen LogP contribution is -2.10. The molecular formula is C18H38O. The zero-order chi connectivity index (χ0) is 14.2.